The fraction of sp³-hybridized carbons (Fsp3) is 0.308. The number of rotatable bonds is 2. The molecular formula is C13H12F3N3O4. The Kier molecular flexibility index (Phi) is 4.28. The van der Waals surface area contributed by atoms with Gasteiger partial charge in [0, 0.05) is 12.5 Å². The Morgan fingerprint density at radius 2 is 1.87 bits per heavy atom. The summed E-state index contributed by atoms with van der Waals surface area (Å²) < 4.78 is 37.9. The zero-order valence-electron chi connectivity index (χ0n) is 11.8. The van der Waals surface area contributed by atoms with E-state index in [1.165, 1.54) is 31.2 Å². The summed E-state index contributed by atoms with van der Waals surface area (Å²) in [5.41, 5.74) is 4.58. The fourth-order valence-corrected chi connectivity index (χ4v) is 1.76. The van der Waals surface area contributed by atoms with Crippen molar-refractivity contribution in [1.82, 2.24) is 10.9 Å². The summed E-state index contributed by atoms with van der Waals surface area (Å²) in [5.74, 6) is -4.40. The second kappa shape index (κ2) is 5.88. The van der Waals surface area contributed by atoms with Crippen LogP contribution in [0.25, 0.3) is 0 Å². The Morgan fingerprint density at radius 3 is 2.35 bits per heavy atom. The van der Waals surface area contributed by atoms with Gasteiger partial charge in [-0.05, 0) is 17.7 Å². The molecule has 0 saturated heterocycles. The van der Waals surface area contributed by atoms with Crippen LogP contribution in [0.4, 0.5) is 13.2 Å². The minimum Gasteiger partial charge on any atom is -0.350 e. The molecule has 0 spiro atoms. The van der Waals surface area contributed by atoms with Gasteiger partial charge in [0.1, 0.15) is 0 Å². The number of hydrogen-bond acceptors (Lipinski definition) is 5. The van der Waals surface area contributed by atoms with E-state index in [4.69, 9.17) is 0 Å². The first-order valence-electron chi connectivity index (χ1n) is 6.34. The van der Waals surface area contributed by atoms with Crippen LogP contribution in [-0.2, 0) is 9.63 Å². The summed E-state index contributed by atoms with van der Waals surface area (Å²) in [6.45, 7) is 1.21. The summed E-state index contributed by atoms with van der Waals surface area (Å²) in [6, 6.07) is 5.37. The van der Waals surface area contributed by atoms with E-state index in [-0.39, 0.29) is 16.8 Å². The van der Waals surface area contributed by atoms with E-state index in [0.717, 1.165) is 0 Å². The SMILES string of the molecule is CC(=O)NNC(=O)c1ccc(C2=NOC(O)(C(F)(F)F)C2)cc1. The number of nitrogens with zero attached hydrogens (tertiary/aromatic N) is 1. The Labute approximate surface area is 128 Å². The van der Waals surface area contributed by atoms with Gasteiger partial charge in [-0.25, -0.2) is 0 Å². The molecule has 7 nitrogen and oxygen atoms in total. The number of oxime groups is 1. The van der Waals surface area contributed by atoms with Crippen LogP contribution in [0.5, 0.6) is 0 Å². The van der Waals surface area contributed by atoms with Gasteiger partial charge in [-0.2, -0.15) is 13.2 Å². The summed E-state index contributed by atoms with van der Waals surface area (Å²) in [4.78, 5) is 26.4. The number of hydrogen-bond donors (Lipinski definition) is 3. The summed E-state index contributed by atoms with van der Waals surface area (Å²) >= 11 is 0. The molecule has 0 bridgehead atoms. The molecule has 3 N–H and O–H groups in total. The van der Waals surface area contributed by atoms with E-state index < -0.39 is 30.2 Å². The molecule has 2 amide bonds. The molecule has 1 atom stereocenters. The first kappa shape index (κ1) is 16.7. The summed E-state index contributed by atoms with van der Waals surface area (Å²) in [5, 5.41) is 12.6. The van der Waals surface area contributed by atoms with Gasteiger partial charge in [0.25, 0.3) is 5.91 Å². The lowest BCUT2D eigenvalue weighted by atomic mass is 10.0. The lowest BCUT2D eigenvalue weighted by Crippen LogP contribution is -2.45. The molecule has 23 heavy (non-hydrogen) atoms. The number of halogens is 3. The number of alkyl halides is 3. The number of benzene rings is 1. The Bertz CT molecular complexity index is 657. The maximum Gasteiger partial charge on any atom is 0.458 e. The third-order valence-electron chi connectivity index (χ3n) is 2.99. The first-order valence-corrected chi connectivity index (χ1v) is 6.34. The van der Waals surface area contributed by atoms with E-state index in [1.807, 2.05) is 0 Å². The van der Waals surface area contributed by atoms with Crippen LogP contribution in [0.2, 0.25) is 0 Å². The number of amides is 2. The smallest absolute Gasteiger partial charge is 0.350 e. The minimum absolute atomic E-state index is 0.0985. The average Bonchev–Trinajstić information content (AvgIpc) is 2.88. The zero-order chi connectivity index (χ0) is 17.3. The number of nitrogens with one attached hydrogen (secondary N) is 2. The van der Waals surface area contributed by atoms with Gasteiger partial charge in [-0.1, -0.05) is 17.3 Å². The lowest BCUT2D eigenvalue weighted by Gasteiger charge is -2.22. The highest BCUT2D eigenvalue weighted by molar-refractivity contribution is 6.02. The van der Waals surface area contributed by atoms with E-state index in [9.17, 15) is 27.9 Å². The van der Waals surface area contributed by atoms with Gasteiger partial charge in [-0.15, -0.1) is 0 Å². The molecule has 0 fully saturated rings. The molecule has 0 aliphatic carbocycles. The average molecular weight is 331 g/mol. The maximum absolute atomic E-state index is 12.6. The number of carbonyl (C=O) groups is 2. The van der Waals surface area contributed by atoms with Gasteiger partial charge < -0.3 is 9.94 Å². The molecule has 1 aliphatic heterocycles. The molecule has 0 saturated carbocycles. The number of aliphatic hydroxyl groups is 1. The van der Waals surface area contributed by atoms with Crippen molar-refractivity contribution in [1.29, 1.82) is 0 Å². The largest absolute Gasteiger partial charge is 0.458 e. The predicted octanol–water partition coefficient (Wildman–Crippen LogP) is 0.843. The normalized spacial score (nSPS) is 20.5. The van der Waals surface area contributed by atoms with Crippen LogP contribution < -0.4 is 10.9 Å². The Balaban J connectivity index is 2.07. The molecule has 0 radical (unpaired) electrons. The summed E-state index contributed by atoms with van der Waals surface area (Å²) in [6.07, 6.45) is -5.83. The van der Waals surface area contributed by atoms with Crippen LogP contribution in [0.15, 0.2) is 29.4 Å². The maximum atomic E-state index is 12.6. The van der Waals surface area contributed by atoms with E-state index in [1.54, 1.807) is 0 Å². The third kappa shape index (κ3) is 3.59. The molecule has 1 heterocycles. The van der Waals surface area contributed by atoms with Crippen LogP contribution >= 0.6 is 0 Å². The zero-order valence-corrected chi connectivity index (χ0v) is 11.8. The lowest BCUT2D eigenvalue weighted by molar-refractivity contribution is -0.355. The molecule has 0 aromatic heterocycles. The second-order valence-electron chi connectivity index (χ2n) is 4.80. The first-order chi connectivity index (χ1) is 10.6. The topological polar surface area (TPSA) is 100 Å². The van der Waals surface area contributed by atoms with Crippen molar-refractivity contribution in [3.05, 3.63) is 35.4 Å². The predicted molar refractivity (Wildman–Crippen MR) is 71.0 cm³/mol. The van der Waals surface area contributed by atoms with Crippen molar-refractivity contribution in [2.75, 3.05) is 0 Å². The highest BCUT2D eigenvalue weighted by Gasteiger charge is 2.60. The molecule has 1 aromatic rings. The number of carbonyl (C=O) groups excluding carboxylic acids is 2. The van der Waals surface area contributed by atoms with Crippen LogP contribution in [-0.4, -0.2) is 34.6 Å². The van der Waals surface area contributed by atoms with Gasteiger partial charge in [0.15, 0.2) is 0 Å². The van der Waals surface area contributed by atoms with Crippen molar-refractivity contribution in [2.45, 2.75) is 25.3 Å². The van der Waals surface area contributed by atoms with Gasteiger partial charge in [0.05, 0.1) is 12.1 Å². The van der Waals surface area contributed by atoms with Crippen LogP contribution in [0, 0.1) is 0 Å². The highest BCUT2D eigenvalue weighted by Crippen LogP contribution is 2.38. The highest BCUT2D eigenvalue weighted by atomic mass is 19.4. The van der Waals surface area contributed by atoms with Crippen molar-refractivity contribution < 1.29 is 32.7 Å². The van der Waals surface area contributed by atoms with Gasteiger partial charge in [-0.3, -0.25) is 20.4 Å². The molecule has 1 aromatic carbocycles. The monoisotopic (exact) mass is 331 g/mol. The van der Waals surface area contributed by atoms with E-state index in [2.05, 4.69) is 20.8 Å². The van der Waals surface area contributed by atoms with E-state index >= 15 is 0 Å². The Morgan fingerprint density at radius 1 is 1.26 bits per heavy atom. The molecule has 10 heteroatoms. The Hall–Kier alpha value is -2.62. The van der Waals surface area contributed by atoms with E-state index in [0.29, 0.717) is 0 Å². The van der Waals surface area contributed by atoms with Crippen molar-refractivity contribution >= 4 is 17.5 Å². The third-order valence-corrected chi connectivity index (χ3v) is 2.99. The quantitative estimate of drug-likeness (QED) is 0.699. The van der Waals surface area contributed by atoms with Crippen LogP contribution in [0.3, 0.4) is 0 Å². The van der Waals surface area contributed by atoms with Crippen molar-refractivity contribution in [2.24, 2.45) is 5.16 Å². The van der Waals surface area contributed by atoms with Crippen molar-refractivity contribution in [3.8, 4) is 0 Å². The fourth-order valence-electron chi connectivity index (χ4n) is 1.76. The second-order valence-corrected chi connectivity index (χ2v) is 4.80. The van der Waals surface area contributed by atoms with Gasteiger partial charge in [0.2, 0.25) is 5.91 Å². The summed E-state index contributed by atoms with van der Waals surface area (Å²) in [7, 11) is 0. The minimum atomic E-state index is -4.98. The van der Waals surface area contributed by atoms with Gasteiger partial charge >= 0.3 is 12.0 Å². The van der Waals surface area contributed by atoms with Crippen molar-refractivity contribution in [3.63, 3.8) is 0 Å². The molecule has 1 unspecified atom stereocenters. The molecular weight excluding hydrogens is 319 g/mol. The molecule has 124 valence electrons. The molecule has 1 aliphatic rings. The standard InChI is InChI=1S/C13H12F3N3O4/c1-7(20)17-18-11(21)9-4-2-8(3-5-9)10-6-12(22,23-19-10)13(14,15)16/h2-5,22H,6H2,1H3,(H,17,20)(H,18,21). The number of hydrazine groups is 1. The molecule has 2 rings (SSSR count). The van der Waals surface area contributed by atoms with Crippen LogP contribution in [0.1, 0.15) is 29.3 Å².